The van der Waals surface area contributed by atoms with E-state index < -0.39 is 0 Å². The van der Waals surface area contributed by atoms with Gasteiger partial charge in [-0.1, -0.05) is 97.3 Å². The smallest absolute Gasteiger partial charge is 0.0991 e. The highest BCUT2D eigenvalue weighted by molar-refractivity contribution is 7.99. The van der Waals surface area contributed by atoms with E-state index in [9.17, 15) is 5.26 Å². The molecule has 9 aromatic rings. The van der Waals surface area contributed by atoms with Crippen molar-refractivity contribution in [2.75, 3.05) is 0 Å². The lowest BCUT2D eigenvalue weighted by atomic mass is 10.1. The number of aromatic nitrogens is 3. The van der Waals surface area contributed by atoms with Crippen LogP contribution in [-0.2, 0) is 0 Å². The highest BCUT2D eigenvalue weighted by atomic mass is 32.2. The molecule has 266 valence electrons. The molecule has 1 aliphatic rings. The van der Waals surface area contributed by atoms with Gasteiger partial charge in [-0.3, -0.25) is 0 Å². The van der Waals surface area contributed by atoms with Crippen molar-refractivity contribution in [3.63, 3.8) is 0 Å². The molecule has 3 aromatic heterocycles. The summed E-state index contributed by atoms with van der Waals surface area (Å²) in [7, 11) is 0. The van der Waals surface area contributed by atoms with Gasteiger partial charge in [-0.2, -0.15) is 5.26 Å². The van der Waals surface area contributed by atoms with Gasteiger partial charge in [0, 0.05) is 59.2 Å². The quantitative estimate of drug-likeness (QED) is 0.153. The van der Waals surface area contributed by atoms with Crippen molar-refractivity contribution in [3.05, 3.63) is 188 Å². The predicted octanol–water partition coefficient (Wildman–Crippen LogP) is 14.0. The van der Waals surface area contributed by atoms with Gasteiger partial charge in [-0.25, -0.2) is 0 Å². The summed E-state index contributed by atoms with van der Waals surface area (Å²) in [4.78, 5) is 2.23. The number of para-hydroxylation sites is 2. The van der Waals surface area contributed by atoms with Gasteiger partial charge >= 0.3 is 0 Å². The third-order valence-electron chi connectivity index (χ3n) is 10.8. The van der Waals surface area contributed by atoms with Gasteiger partial charge in [-0.05, 0) is 110 Å². The standard InChI is InChI=1S/C51H36N4S/c1-3-5-14-35(4-2)53-46-19-12-11-18-41(46)44-31-49-45(32-48(44)53)43-30-29-42-40-17-10-13-20-47(40)54(36-15-8-6-7-9-16-36)50(42)51(43)55(49)37-23-27-39(28-24-37)56-38-25-21-34(33-52)22-26-38/h3-6,8-32H,2,7H2,1H3/b5-3-,35-14+. The Bertz CT molecular complexity index is 3260. The Morgan fingerprint density at radius 2 is 1.32 bits per heavy atom. The van der Waals surface area contributed by atoms with E-state index in [1.165, 1.54) is 48.9 Å². The molecule has 0 amide bonds. The fourth-order valence-corrected chi connectivity index (χ4v) is 9.18. The van der Waals surface area contributed by atoms with Crippen molar-refractivity contribution in [3.8, 4) is 11.8 Å². The number of nitrogens with zero attached hydrogens (tertiary/aromatic N) is 4. The minimum absolute atomic E-state index is 0.665. The van der Waals surface area contributed by atoms with E-state index in [1.54, 1.807) is 11.8 Å². The molecular formula is C51H36N4S. The Labute approximate surface area is 329 Å². The van der Waals surface area contributed by atoms with Crippen LogP contribution in [-0.4, -0.2) is 13.7 Å². The van der Waals surface area contributed by atoms with E-state index >= 15 is 0 Å². The summed E-state index contributed by atoms with van der Waals surface area (Å²) in [5, 5.41) is 16.5. The molecule has 5 heteroatoms. The number of nitriles is 1. The third kappa shape index (κ3) is 5.30. The first kappa shape index (κ1) is 33.6. The van der Waals surface area contributed by atoms with E-state index in [4.69, 9.17) is 0 Å². The van der Waals surface area contributed by atoms with Crippen LogP contribution in [0.3, 0.4) is 0 Å². The van der Waals surface area contributed by atoms with Crippen LogP contribution in [0.4, 0.5) is 0 Å². The summed E-state index contributed by atoms with van der Waals surface area (Å²) in [5.41, 5.74) is 10.9. The first-order chi connectivity index (χ1) is 27.7. The highest BCUT2D eigenvalue weighted by Crippen LogP contribution is 2.44. The van der Waals surface area contributed by atoms with Gasteiger partial charge in [0.25, 0.3) is 0 Å². The highest BCUT2D eigenvalue weighted by Gasteiger charge is 2.23. The first-order valence-corrected chi connectivity index (χ1v) is 19.7. The molecule has 3 heterocycles. The summed E-state index contributed by atoms with van der Waals surface area (Å²) in [5.74, 6) is 0. The number of rotatable bonds is 7. The maximum absolute atomic E-state index is 9.30. The third-order valence-corrected chi connectivity index (χ3v) is 11.8. The molecule has 0 fully saturated rings. The summed E-state index contributed by atoms with van der Waals surface area (Å²) < 4.78 is 7.28. The minimum atomic E-state index is 0.665. The monoisotopic (exact) mass is 736 g/mol. The van der Waals surface area contributed by atoms with Crippen molar-refractivity contribution in [1.29, 1.82) is 5.26 Å². The average molecular weight is 737 g/mol. The Morgan fingerprint density at radius 1 is 0.679 bits per heavy atom. The Kier molecular flexibility index (Phi) is 8.21. The van der Waals surface area contributed by atoms with E-state index in [1.807, 2.05) is 37.3 Å². The molecule has 6 aromatic carbocycles. The van der Waals surface area contributed by atoms with E-state index in [0.29, 0.717) is 5.56 Å². The van der Waals surface area contributed by atoms with Crippen LogP contribution < -0.4 is 0 Å². The molecule has 56 heavy (non-hydrogen) atoms. The summed E-state index contributed by atoms with van der Waals surface area (Å²) >= 11 is 1.70. The van der Waals surface area contributed by atoms with Crippen LogP contribution in [0.2, 0.25) is 0 Å². The van der Waals surface area contributed by atoms with Crippen LogP contribution in [0.1, 0.15) is 18.9 Å². The Balaban J connectivity index is 1.32. The molecule has 10 rings (SSSR count). The largest absolute Gasteiger partial charge is 0.309 e. The molecule has 0 spiro atoms. The van der Waals surface area contributed by atoms with Gasteiger partial charge < -0.3 is 13.7 Å². The Morgan fingerprint density at radius 3 is 2.05 bits per heavy atom. The van der Waals surface area contributed by atoms with Crippen molar-refractivity contribution < 1.29 is 0 Å². The summed E-state index contributed by atoms with van der Waals surface area (Å²) in [6.45, 7) is 6.27. The second kappa shape index (κ2) is 13.7. The summed E-state index contributed by atoms with van der Waals surface area (Å²) in [6.07, 6.45) is 20.2. The van der Waals surface area contributed by atoms with Gasteiger partial charge in [0.05, 0.1) is 44.7 Å². The zero-order chi connectivity index (χ0) is 37.8. The lowest BCUT2D eigenvalue weighted by Crippen LogP contribution is -1.99. The van der Waals surface area contributed by atoms with Gasteiger partial charge in [0.2, 0.25) is 0 Å². The fraction of sp³-hybridized carbons (Fsp3) is 0.0392. The average Bonchev–Trinajstić information content (AvgIpc) is 3.76. The topological polar surface area (TPSA) is 38.6 Å². The van der Waals surface area contributed by atoms with Crippen LogP contribution >= 0.6 is 11.8 Å². The van der Waals surface area contributed by atoms with Crippen LogP contribution in [0.25, 0.3) is 82.5 Å². The predicted molar refractivity (Wildman–Crippen MR) is 239 cm³/mol. The maximum Gasteiger partial charge on any atom is 0.0991 e. The first-order valence-electron chi connectivity index (χ1n) is 18.9. The number of benzene rings is 6. The van der Waals surface area contributed by atoms with Crippen LogP contribution in [0.5, 0.6) is 0 Å². The van der Waals surface area contributed by atoms with E-state index in [0.717, 1.165) is 49.8 Å². The van der Waals surface area contributed by atoms with Crippen LogP contribution in [0, 0.1) is 11.3 Å². The molecule has 0 aliphatic heterocycles. The molecule has 0 bridgehead atoms. The molecule has 0 N–H and O–H groups in total. The molecule has 0 saturated heterocycles. The Hall–Kier alpha value is -7.00. The second-order valence-corrected chi connectivity index (χ2v) is 15.1. The zero-order valence-electron chi connectivity index (χ0n) is 30.9. The van der Waals surface area contributed by atoms with Gasteiger partial charge in [0.1, 0.15) is 0 Å². The lowest BCUT2D eigenvalue weighted by Gasteiger charge is -2.13. The van der Waals surface area contributed by atoms with Gasteiger partial charge in [-0.15, -0.1) is 0 Å². The summed E-state index contributed by atoms with van der Waals surface area (Å²) in [6, 6.07) is 45.8. The number of allylic oxidation sites excluding steroid dienone is 11. The van der Waals surface area contributed by atoms with Crippen molar-refractivity contribution in [1.82, 2.24) is 13.7 Å². The molecule has 4 nitrogen and oxygen atoms in total. The van der Waals surface area contributed by atoms with E-state index in [-0.39, 0.29) is 0 Å². The lowest BCUT2D eigenvalue weighted by molar-refractivity contribution is 1.16. The molecule has 0 atom stereocenters. The second-order valence-electron chi connectivity index (χ2n) is 14.0. The van der Waals surface area contributed by atoms with Crippen LogP contribution in [0.15, 0.2) is 192 Å². The number of hydrogen-bond donors (Lipinski definition) is 0. The fourth-order valence-electron chi connectivity index (χ4n) is 8.37. The number of hydrogen-bond acceptors (Lipinski definition) is 2. The van der Waals surface area contributed by atoms with Gasteiger partial charge in [0.15, 0.2) is 0 Å². The number of fused-ring (bicyclic) bond motifs is 10. The molecule has 0 saturated carbocycles. The van der Waals surface area contributed by atoms with Crippen molar-refractivity contribution in [2.24, 2.45) is 0 Å². The minimum Gasteiger partial charge on any atom is -0.309 e. The zero-order valence-corrected chi connectivity index (χ0v) is 31.7. The molecule has 0 radical (unpaired) electrons. The SMILES string of the molecule is C=C/C(=C\C=C/C)n1c2ccccc2c2cc3c(cc21)c1ccc2c4ccccc4n(C4=CC=CCC=C4)c2c1n3-c1ccc(Sc2ccc(C#N)cc2)cc1. The normalized spacial score (nSPS) is 13.5. The molecule has 0 unspecified atom stereocenters. The molecular weight excluding hydrogens is 701 g/mol. The van der Waals surface area contributed by atoms with E-state index in [2.05, 4.69) is 172 Å². The van der Waals surface area contributed by atoms with Crippen molar-refractivity contribution >= 4 is 88.6 Å². The van der Waals surface area contributed by atoms with Crippen molar-refractivity contribution in [2.45, 2.75) is 23.1 Å². The maximum atomic E-state index is 9.30. The molecule has 1 aliphatic carbocycles.